The van der Waals surface area contributed by atoms with Crippen LogP contribution in [0.5, 0.6) is 5.75 Å². The Morgan fingerprint density at radius 1 is 1.29 bits per heavy atom. The van der Waals surface area contributed by atoms with Crippen LogP contribution in [0.15, 0.2) is 41.9 Å². The number of hydrogen-bond acceptors (Lipinski definition) is 4. The van der Waals surface area contributed by atoms with Gasteiger partial charge in [-0.3, -0.25) is 4.98 Å². The molecule has 3 aromatic rings. The molecule has 1 atom stereocenters. The van der Waals surface area contributed by atoms with Crippen LogP contribution >= 0.6 is 22.9 Å². The lowest BCUT2D eigenvalue weighted by atomic mass is 10.1. The van der Waals surface area contributed by atoms with E-state index < -0.39 is 0 Å². The van der Waals surface area contributed by atoms with Gasteiger partial charge in [0.15, 0.2) is 0 Å². The molecule has 3 rings (SSSR count). The van der Waals surface area contributed by atoms with Crippen molar-refractivity contribution in [2.24, 2.45) is 0 Å². The maximum absolute atomic E-state index is 6.23. The summed E-state index contributed by atoms with van der Waals surface area (Å²) in [6.07, 6.45) is 1.90. The van der Waals surface area contributed by atoms with Gasteiger partial charge in [0.2, 0.25) is 0 Å². The fraction of sp³-hybridized carbons (Fsp3) is 0.188. The van der Waals surface area contributed by atoms with Crippen LogP contribution in [0.25, 0.3) is 10.2 Å². The van der Waals surface area contributed by atoms with Gasteiger partial charge in [0.05, 0.1) is 34.1 Å². The monoisotopic (exact) mass is 318 g/mol. The molecule has 2 heterocycles. The van der Waals surface area contributed by atoms with E-state index in [-0.39, 0.29) is 6.04 Å². The number of fused-ring (bicyclic) bond motifs is 1. The van der Waals surface area contributed by atoms with Crippen molar-refractivity contribution < 1.29 is 4.74 Å². The van der Waals surface area contributed by atoms with Gasteiger partial charge in [-0.15, -0.1) is 11.3 Å². The lowest BCUT2D eigenvalue weighted by Crippen LogP contribution is -2.07. The minimum Gasteiger partial charge on any atom is -0.497 e. The minimum atomic E-state index is 0.105. The average molecular weight is 319 g/mol. The van der Waals surface area contributed by atoms with Crippen LogP contribution in [0.1, 0.15) is 18.5 Å². The summed E-state index contributed by atoms with van der Waals surface area (Å²) < 4.78 is 6.43. The predicted octanol–water partition coefficient (Wildman–Crippen LogP) is 5.13. The Labute approximate surface area is 132 Å². The van der Waals surface area contributed by atoms with Gasteiger partial charge in [0.1, 0.15) is 5.75 Å². The summed E-state index contributed by atoms with van der Waals surface area (Å²) in [5.41, 5.74) is 3.02. The second-order valence-corrected chi connectivity index (χ2v) is 6.14. The van der Waals surface area contributed by atoms with Gasteiger partial charge in [-0.25, -0.2) is 0 Å². The molecule has 0 fully saturated rings. The summed E-state index contributed by atoms with van der Waals surface area (Å²) in [4.78, 5) is 4.47. The normalized spacial score (nSPS) is 12.3. The Balaban J connectivity index is 1.86. The zero-order chi connectivity index (χ0) is 14.8. The number of methoxy groups -OCH3 is 1. The lowest BCUT2D eigenvalue weighted by molar-refractivity contribution is 0.415. The molecule has 0 bridgehead atoms. The summed E-state index contributed by atoms with van der Waals surface area (Å²) >= 11 is 7.93. The van der Waals surface area contributed by atoms with E-state index in [9.17, 15) is 0 Å². The van der Waals surface area contributed by atoms with E-state index in [1.165, 1.54) is 4.70 Å². The Hall–Kier alpha value is -1.78. The Morgan fingerprint density at radius 2 is 2.14 bits per heavy atom. The van der Waals surface area contributed by atoms with E-state index in [0.29, 0.717) is 5.02 Å². The van der Waals surface area contributed by atoms with Crippen LogP contribution in [-0.4, -0.2) is 12.1 Å². The van der Waals surface area contributed by atoms with Gasteiger partial charge in [-0.1, -0.05) is 11.6 Å². The van der Waals surface area contributed by atoms with Crippen LogP contribution in [0.3, 0.4) is 0 Å². The topological polar surface area (TPSA) is 34.1 Å². The molecular weight excluding hydrogens is 304 g/mol. The van der Waals surface area contributed by atoms with Crippen molar-refractivity contribution in [2.75, 3.05) is 12.4 Å². The van der Waals surface area contributed by atoms with Gasteiger partial charge in [-0.2, -0.15) is 0 Å². The number of aromatic nitrogens is 1. The summed E-state index contributed by atoms with van der Waals surface area (Å²) in [5, 5.41) is 6.14. The maximum Gasteiger partial charge on any atom is 0.121 e. The summed E-state index contributed by atoms with van der Waals surface area (Å²) in [7, 11) is 1.64. The smallest absolute Gasteiger partial charge is 0.121 e. The first-order chi connectivity index (χ1) is 10.2. The first-order valence-corrected chi connectivity index (χ1v) is 7.86. The standard InChI is InChI=1S/C16H15ClN2OS/c1-10(11-7-16-14(18-9-11)5-6-21-16)19-15-8-12(20-2)3-4-13(15)17/h3-10,19H,1-2H3. The number of rotatable bonds is 4. The van der Waals surface area contributed by atoms with Crippen molar-refractivity contribution in [1.29, 1.82) is 0 Å². The highest BCUT2D eigenvalue weighted by Gasteiger charge is 2.10. The van der Waals surface area contributed by atoms with E-state index in [2.05, 4.69) is 28.7 Å². The van der Waals surface area contributed by atoms with Crippen LogP contribution in [0, 0.1) is 0 Å². The first kappa shape index (κ1) is 14.2. The van der Waals surface area contributed by atoms with Crippen molar-refractivity contribution in [3.63, 3.8) is 0 Å². The number of hydrogen-bond donors (Lipinski definition) is 1. The highest BCUT2D eigenvalue weighted by Crippen LogP contribution is 2.30. The fourth-order valence-electron chi connectivity index (χ4n) is 2.16. The Morgan fingerprint density at radius 3 is 2.95 bits per heavy atom. The molecule has 0 radical (unpaired) electrons. The molecule has 2 aromatic heterocycles. The van der Waals surface area contributed by atoms with Gasteiger partial charge < -0.3 is 10.1 Å². The van der Waals surface area contributed by atoms with E-state index in [1.54, 1.807) is 18.4 Å². The Bertz CT molecular complexity index is 772. The molecule has 0 amide bonds. The SMILES string of the molecule is COc1ccc(Cl)c(NC(C)c2cnc3ccsc3c2)c1. The quantitative estimate of drug-likeness (QED) is 0.724. The molecular formula is C16H15ClN2OS. The van der Waals surface area contributed by atoms with Crippen molar-refractivity contribution >= 4 is 38.8 Å². The molecule has 5 heteroatoms. The van der Waals surface area contributed by atoms with Gasteiger partial charge >= 0.3 is 0 Å². The van der Waals surface area contributed by atoms with Crippen LogP contribution < -0.4 is 10.1 Å². The van der Waals surface area contributed by atoms with Crippen molar-refractivity contribution in [1.82, 2.24) is 4.98 Å². The number of nitrogens with zero attached hydrogens (tertiary/aromatic N) is 1. The minimum absolute atomic E-state index is 0.105. The fourth-order valence-corrected chi connectivity index (χ4v) is 3.12. The van der Waals surface area contributed by atoms with E-state index in [4.69, 9.17) is 16.3 Å². The molecule has 0 saturated carbocycles. The molecule has 1 N–H and O–H groups in total. The highest BCUT2D eigenvalue weighted by atomic mass is 35.5. The largest absolute Gasteiger partial charge is 0.497 e. The summed E-state index contributed by atoms with van der Waals surface area (Å²) in [6.45, 7) is 2.09. The van der Waals surface area contributed by atoms with Crippen LogP contribution in [0.4, 0.5) is 5.69 Å². The summed E-state index contributed by atoms with van der Waals surface area (Å²) in [6, 6.07) is 9.87. The highest BCUT2D eigenvalue weighted by molar-refractivity contribution is 7.17. The molecule has 1 aromatic carbocycles. The van der Waals surface area contributed by atoms with E-state index in [0.717, 1.165) is 22.5 Å². The summed E-state index contributed by atoms with van der Waals surface area (Å²) in [5.74, 6) is 0.779. The van der Waals surface area contributed by atoms with Gasteiger partial charge in [-0.05, 0) is 42.1 Å². The van der Waals surface area contributed by atoms with Gasteiger partial charge in [0, 0.05) is 12.3 Å². The van der Waals surface area contributed by atoms with Gasteiger partial charge in [0.25, 0.3) is 0 Å². The molecule has 108 valence electrons. The average Bonchev–Trinajstić information content (AvgIpc) is 2.96. The maximum atomic E-state index is 6.23. The third-order valence-electron chi connectivity index (χ3n) is 3.37. The predicted molar refractivity (Wildman–Crippen MR) is 89.7 cm³/mol. The van der Waals surface area contributed by atoms with E-state index in [1.807, 2.05) is 30.5 Å². The molecule has 1 unspecified atom stereocenters. The molecule has 3 nitrogen and oxygen atoms in total. The molecule has 0 aliphatic rings. The van der Waals surface area contributed by atoms with Crippen molar-refractivity contribution in [2.45, 2.75) is 13.0 Å². The second kappa shape index (κ2) is 5.92. The van der Waals surface area contributed by atoms with Crippen LogP contribution in [-0.2, 0) is 0 Å². The van der Waals surface area contributed by atoms with Crippen molar-refractivity contribution in [3.05, 3.63) is 52.5 Å². The second-order valence-electron chi connectivity index (χ2n) is 4.78. The van der Waals surface area contributed by atoms with Crippen LogP contribution in [0.2, 0.25) is 5.02 Å². The molecule has 0 aliphatic carbocycles. The van der Waals surface area contributed by atoms with Crippen molar-refractivity contribution in [3.8, 4) is 5.75 Å². The zero-order valence-electron chi connectivity index (χ0n) is 11.8. The molecule has 21 heavy (non-hydrogen) atoms. The first-order valence-electron chi connectivity index (χ1n) is 6.60. The number of benzene rings is 1. The number of pyridine rings is 1. The number of thiophene rings is 1. The molecule has 0 spiro atoms. The third kappa shape index (κ3) is 2.96. The number of nitrogens with one attached hydrogen (secondary N) is 1. The Kier molecular flexibility index (Phi) is 3.99. The number of ether oxygens (including phenoxy) is 1. The number of anilines is 1. The number of halogens is 1. The molecule has 0 saturated heterocycles. The zero-order valence-corrected chi connectivity index (χ0v) is 13.3. The lowest BCUT2D eigenvalue weighted by Gasteiger charge is -2.17. The third-order valence-corrected chi connectivity index (χ3v) is 4.55. The van der Waals surface area contributed by atoms with E-state index >= 15 is 0 Å². The molecule has 0 aliphatic heterocycles.